The third-order valence-electron chi connectivity index (χ3n) is 4.33. The Balaban J connectivity index is 2.14. The van der Waals surface area contributed by atoms with Crippen molar-refractivity contribution in [2.24, 2.45) is 0 Å². The first-order valence-corrected chi connectivity index (χ1v) is 9.03. The average molecular weight is 416 g/mol. The highest BCUT2D eigenvalue weighted by Gasteiger charge is 2.27. The molecule has 2 atom stereocenters. The summed E-state index contributed by atoms with van der Waals surface area (Å²) >= 11 is 0. The predicted octanol–water partition coefficient (Wildman–Crippen LogP) is 1.38. The largest absolute Gasteiger partial charge is 0.480 e. The third-order valence-corrected chi connectivity index (χ3v) is 4.33. The standard InChI is InChI=1S/C21H21FN2O6/c1-12(25)23-17(11-15-4-2-3-5-16(15)22)19(26)24-18(21(29)30)10-13-6-8-14(9-7-13)20(27)28/h2-9,17-18H,10-11H2,1H3,(H,23,25)(H,24,26)(H,27,28)(H,29,30)/t17-,18-/m1/s1. The fourth-order valence-corrected chi connectivity index (χ4v) is 2.83. The molecule has 0 bridgehead atoms. The minimum atomic E-state index is -1.33. The summed E-state index contributed by atoms with van der Waals surface area (Å²) in [5, 5.41) is 23.2. The van der Waals surface area contributed by atoms with Gasteiger partial charge in [-0.15, -0.1) is 0 Å². The highest BCUT2D eigenvalue weighted by molar-refractivity contribution is 5.90. The van der Waals surface area contributed by atoms with E-state index in [4.69, 9.17) is 5.11 Å². The maximum Gasteiger partial charge on any atom is 0.335 e. The number of hydrogen-bond acceptors (Lipinski definition) is 4. The molecule has 0 spiro atoms. The fraction of sp³-hybridized carbons (Fsp3) is 0.238. The van der Waals surface area contributed by atoms with Crippen LogP contribution in [0, 0.1) is 5.82 Å². The van der Waals surface area contributed by atoms with Crippen LogP contribution in [0.25, 0.3) is 0 Å². The Hall–Kier alpha value is -3.75. The summed E-state index contributed by atoms with van der Waals surface area (Å²) in [4.78, 5) is 46.7. The second-order valence-electron chi connectivity index (χ2n) is 6.65. The molecule has 0 saturated heterocycles. The van der Waals surface area contributed by atoms with Crippen LogP contribution in [-0.2, 0) is 27.2 Å². The lowest BCUT2D eigenvalue weighted by molar-refractivity contribution is -0.142. The van der Waals surface area contributed by atoms with Gasteiger partial charge in [0.2, 0.25) is 11.8 Å². The number of nitrogens with one attached hydrogen (secondary N) is 2. The molecule has 2 rings (SSSR count). The van der Waals surface area contributed by atoms with Gasteiger partial charge in [0.05, 0.1) is 5.56 Å². The minimum Gasteiger partial charge on any atom is -0.480 e. The third kappa shape index (κ3) is 6.40. The lowest BCUT2D eigenvalue weighted by Gasteiger charge is -2.21. The fourth-order valence-electron chi connectivity index (χ4n) is 2.83. The van der Waals surface area contributed by atoms with Crippen LogP contribution in [-0.4, -0.2) is 46.0 Å². The smallest absolute Gasteiger partial charge is 0.335 e. The molecule has 0 aliphatic carbocycles. The number of carboxylic acids is 2. The second kappa shape index (κ2) is 10.1. The summed E-state index contributed by atoms with van der Waals surface area (Å²) < 4.78 is 13.9. The summed E-state index contributed by atoms with van der Waals surface area (Å²) in [6.07, 6.45) is -0.259. The molecule has 2 aromatic carbocycles. The van der Waals surface area contributed by atoms with Crippen LogP contribution in [0.2, 0.25) is 0 Å². The van der Waals surface area contributed by atoms with E-state index in [0.29, 0.717) is 5.56 Å². The number of amides is 2. The van der Waals surface area contributed by atoms with E-state index in [2.05, 4.69) is 10.6 Å². The van der Waals surface area contributed by atoms with Gasteiger partial charge >= 0.3 is 11.9 Å². The number of benzene rings is 2. The first kappa shape index (κ1) is 22.5. The molecular formula is C21H21FN2O6. The number of carboxylic acid groups (broad SMARTS) is 2. The molecule has 0 heterocycles. The molecule has 158 valence electrons. The van der Waals surface area contributed by atoms with Gasteiger partial charge in [-0.1, -0.05) is 30.3 Å². The lowest BCUT2D eigenvalue weighted by Crippen LogP contribution is -2.52. The first-order valence-electron chi connectivity index (χ1n) is 9.03. The van der Waals surface area contributed by atoms with Crippen molar-refractivity contribution < 1.29 is 33.8 Å². The Bertz CT molecular complexity index is 945. The van der Waals surface area contributed by atoms with E-state index in [-0.39, 0.29) is 24.0 Å². The van der Waals surface area contributed by atoms with Crippen molar-refractivity contribution in [3.05, 3.63) is 71.0 Å². The molecule has 0 radical (unpaired) electrons. The lowest BCUT2D eigenvalue weighted by atomic mass is 10.0. The Morgan fingerprint density at radius 2 is 1.53 bits per heavy atom. The zero-order valence-corrected chi connectivity index (χ0v) is 16.1. The normalized spacial score (nSPS) is 12.5. The quantitative estimate of drug-likeness (QED) is 0.488. The van der Waals surface area contributed by atoms with Gasteiger partial charge in [0, 0.05) is 19.8 Å². The molecule has 2 amide bonds. The highest BCUT2D eigenvalue weighted by Crippen LogP contribution is 2.11. The van der Waals surface area contributed by atoms with Crippen molar-refractivity contribution in [1.82, 2.24) is 10.6 Å². The van der Waals surface area contributed by atoms with Gasteiger partial charge in [0.25, 0.3) is 0 Å². The molecule has 0 unspecified atom stereocenters. The van der Waals surface area contributed by atoms with Crippen LogP contribution >= 0.6 is 0 Å². The molecular weight excluding hydrogens is 395 g/mol. The topological polar surface area (TPSA) is 133 Å². The maximum atomic E-state index is 13.9. The van der Waals surface area contributed by atoms with Crippen LogP contribution < -0.4 is 10.6 Å². The maximum absolute atomic E-state index is 13.9. The first-order chi connectivity index (χ1) is 14.2. The van der Waals surface area contributed by atoms with E-state index in [1.165, 1.54) is 49.4 Å². The monoisotopic (exact) mass is 416 g/mol. The molecule has 2 aromatic rings. The van der Waals surface area contributed by atoms with Crippen molar-refractivity contribution in [1.29, 1.82) is 0 Å². The molecule has 0 aromatic heterocycles. The average Bonchev–Trinajstić information content (AvgIpc) is 2.68. The van der Waals surface area contributed by atoms with Crippen LogP contribution in [0.3, 0.4) is 0 Å². The summed E-state index contributed by atoms with van der Waals surface area (Å²) in [5.74, 6) is -4.27. The van der Waals surface area contributed by atoms with Crippen molar-refractivity contribution in [2.45, 2.75) is 31.8 Å². The van der Waals surface area contributed by atoms with Crippen LogP contribution in [0.5, 0.6) is 0 Å². The van der Waals surface area contributed by atoms with E-state index in [1.54, 1.807) is 6.07 Å². The van der Waals surface area contributed by atoms with Gasteiger partial charge in [-0.05, 0) is 29.3 Å². The minimum absolute atomic E-state index is 0.0465. The van der Waals surface area contributed by atoms with Crippen molar-refractivity contribution in [2.75, 3.05) is 0 Å². The number of hydrogen-bond donors (Lipinski definition) is 4. The predicted molar refractivity (Wildman–Crippen MR) is 104 cm³/mol. The summed E-state index contributed by atoms with van der Waals surface area (Å²) in [6, 6.07) is 8.83. The Morgan fingerprint density at radius 3 is 2.07 bits per heavy atom. The van der Waals surface area contributed by atoms with Crippen LogP contribution in [0.15, 0.2) is 48.5 Å². The van der Waals surface area contributed by atoms with Gasteiger partial charge in [0.1, 0.15) is 17.9 Å². The van der Waals surface area contributed by atoms with Crippen molar-refractivity contribution in [3.8, 4) is 0 Å². The number of carbonyl (C=O) groups is 4. The molecule has 0 saturated carbocycles. The zero-order chi connectivity index (χ0) is 22.3. The Morgan fingerprint density at radius 1 is 0.900 bits per heavy atom. The molecule has 0 fully saturated rings. The van der Waals surface area contributed by atoms with E-state index in [1.807, 2.05) is 0 Å². The molecule has 0 aliphatic heterocycles. The van der Waals surface area contributed by atoms with E-state index in [9.17, 15) is 28.7 Å². The summed E-state index contributed by atoms with van der Waals surface area (Å²) in [5.41, 5.74) is 0.741. The number of halogens is 1. The highest BCUT2D eigenvalue weighted by atomic mass is 19.1. The van der Waals surface area contributed by atoms with E-state index >= 15 is 0 Å². The number of rotatable bonds is 9. The molecule has 30 heavy (non-hydrogen) atoms. The van der Waals surface area contributed by atoms with Gasteiger partial charge in [-0.3, -0.25) is 9.59 Å². The number of aromatic carboxylic acids is 1. The molecule has 4 N–H and O–H groups in total. The van der Waals surface area contributed by atoms with Crippen molar-refractivity contribution in [3.63, 3.8) is 0 Å². The molecule has 0 aliphatic rings. The number of aliphatic carboxylic acids is 1. The van der Waals surface area contributed by atoms with Gasteiger partial charge < -0.3 is 20.8 Å². The van der Waals surface area contributed by atoms with E-state index < -0.39 is 41.7 Å². The van der Waals surface area contributed by atoms with Gasteiger partial charge in [-0.25, -0.2) is 14.0 Å². The van der Waals surface area contributed by atoms with E-state index in [0.717, 1.165) is 0 Å². The number of carbonyl (C=O) groups excluding carboxylic acids is 2. The second-order valence-corrected chi connectivity index (χ2v) is 6.65. The van der Waals surface area contributed by atoms with Gasteiger partial charge in [-0.2, -0.15) is 0 Å². The SMILES string of the molecule is CC(=O)N[C@H](Cc1ccccc1F)C(=O)N[C@H](Cc1ccc(C(=O)O)cc1)C(=O)O. The van der Waals surface area contributed by atoms with Crippen LogP contribution in [0.1, 0.15) is 28.4 Å². The Kier molecular flexibility index (Phi) is 7.62. The molecule has 8 nitrogen and oxygen atoms in total. The summed E-state index contributed by atoms with van der Waals surface area (Å²) in [7, 11) is 0. The summed E-state index contributed by atoms with van der Waals surface area (Å²) in [6.45, 7) is 1.19. The van der Waals surface area contributed by atoms with Gasteiger partial charge in [0.15, 0.2) is 0 Å². The zero-order valence-electron chi connectivity index (χ0n) is 16.1. The van der Waals surface area contributed by atoms with Crippen LogP contribution in [0.4, 0.5) is 4.39 Å². The Labute approximate surface area is 171 Å². The van der Waals surface area contributed by atoms with Crippen molar-refractivity contribution >= 4 is 23.8 Å². The molecule has 9 heteroatoms.